The zero-order chi connectivity index (χ0) is 16.8. The Labute approximate surface area is 134 Å². The van der Waals surface area contributed by atoms with Crippen LogP contribution in [0.2, 0.25) is 0 Å². The molecule has 0 saturated carbocycles. The number of alkyl halides is 3. The fourth-order valence-electron chi connectivity index (χ4n) is 3.44. The van der Waals surface area contributed by atoms with Crippen LogP contribution in [-0.4, -0.2) is 55.2 Å². The van der Waals surface area contributed by atoms with Crippen molar-refractivity contribution in [3.05, 3.63) is 17.8 Å². The lowest BCUT2D eigenvalue weighted by molar-refractivity contribution is -0.137. The summed E-state index contributed by atoms with van der Waals surface area (Å²) in [6, 6.07) is 2.02. The predicted molar refractivity (Wildman–Crippen MR) is 85.0 cm³/mol. The second kappa shape index (κ2) is 5.85. The maximum Gasteiger partial charge on any atom is 0.417 e. The Bertz CT molecular complexity index is 573. The molecule has 0 spiro atoms. The van der Waals surface area contributed by atoms with E-state index in [-0.39, 0.29) is 0 Å². The molecule has 0 radical (unpaired) electrons. The van der Waals surface area contributed by atoms with Crippen molar-refractivity contribution in [1.82, 2.24) is 9.88 Å². The van der Waals surface area contributed by atoms with Crippen LogP contribution < -0.4 is 9.80 Å². The van der Waals surface area contributed by atoms with E-state index in [2.05, 4.69) is 28.6 Å². The Morgan fingerprint density at radius 2 is 1.96 bits per heavy atom. The zero-order valence-electron chi connectivity index (χ0n) is 13.8. The summed E-state index contributed by atoms with van der Waals surface area (Å²) in [6.45, 7) is 7.76. The molecule has 1 unspecified atom stereocenters. The van der Waals surface area contributed by atoms with Gasteiger partial charge in [-0.15, -0.1) is 0 Å². The molecule has 0 amide bonds. The van der Waals surface area contributed by atoms with Crippen molar-refractivity contribution in [2.45, 2.75) is 38.5 Å². The van der Waals surface area contributed by atoms with E-state index in [0.717, 1.165) is 38.8 Å². The van der Waals surface area contributed by atoms with Gasteiger partial charge in [-0.25, -0.2) is 4.98 Å². The first kappa shape index (κ1) is 16.4. The monoisotopic (exact) mass is 328 g/mol. The van der Waals surface area contributed by atoms with E-state index in [9.17, 15) is 13.2 Å². The van der Waals surface area contributed by atoms with Crippen LogP contribution in [0.1, 0.15) is 25.8 Å². The SMILES string of the molecule is CC(C)N1CCN2c3ncc(C(F)(F)F)cc3N(C)CCC2C1. The lowest BCUT2D eigenvalue weighted by atomic mass is 10.1. The highest BCUT2D eigenvalue weighted by Crippen LogP contribution is 2.38. The third kappa shape index (κ3) is 3.11. The number of aromatic nitrogens is 1. The Kier molecular flexibility index (Phi) is 4.16. The van der Waals surface area contributed by atoms with Gasteiger partial charge in [0.2, 0.25) is 0 Å². The number of halogens is 3. The summed E-state index contributed by atoms with van der Waals surface area (Å²) in [5, 5.41) is 0. The minimum Gasteiger partial charge on any atom is -0.372 e. The van der Waals surface area contributed by atoms with Crippen molar-refractivity contribution in [2.75, 3.05) is 43.0 Å². The van der Waals surface area contributed by atoms with E-state index in [1.165, 1.54) is 6.07 Å². The van der Waals surface area contributed by atoms with Gasteiger partial charge < -0.3 is 9.80 Å². The first-order valence-corrected chi connectivity index (χ1v) is 8.06. The Morgan fingerprint density at radius 3 is 2.61 bits per heavy atom. The summed E-state index contributed by atoms with van der Waals surface area (Å²) in [5.74, 6) is 0.686. The molecule has 1 atom stereocenters. The molecule has 1 aromatic rings. The van der Waals surface area contributed by atoms with Gasteiger partial charge in [0.25, 0.3) is 0 Å². The molecule has 7 heteroatoms. The van der Waals surface area contributed by atoms with Crippen molar-refractivity contribution < 1.29 is 13.2 Å². The lowest BCUT2D eigenvalue weighted by Gasteiger charge is -2.43. The standard InChI is InChI=1S/C16H23F3N4/c1-11(2)22-6-7-23-13(10-22)4-5-21(3)14-8-12(16(17,18)19)9-20-15(14)23/h8-9,11,13H,4-7,10H2,1-3H3. The molecule has 128 valence electrons. The minimum absolute atomic E-state index is 0.305. The van der Waals surface area contributed by atoms with Crippen LogP contribution >= 0.6 is 0 Å². The smallest absolute Gasteiger partial charge is 0.372 e. The third-order valence-corrected chi connectivity index (χ3v) is 4.90. The van der Waals surface area contributed by atoms with Gasteiger partial charge in [0.1, 0.15) is 0 Å². The molecule has 0 N–H and O–H groups in total. The Balaban J connectivity index is 1.95. The van der Waals surface area contributed by atoms with Crippen molar-refractivity contribution in [1.29, 1.82) is 0 Å². The highest BCUT2D eigenvalue weighted by Gasteiger charge is 2.36. The summed E-state index contributed by atoms with van der Waals surface area (Å²) in [4.78, 5) is 10.7. The van der Waals surface area contributed by atoms with Crippen LogP contribution in [0.15, 0.2) is 12.3 Å². The summed E-state index contributed by atoms with van der Waals surface area (Å²) < 4.78 is 38.9. The van der Waals surface area contributed by atoms with E-state index in [4.69, 9.17) is 0 Å². The van der Waals surface area contributed by atoms with E-state index in [1.54, 1.807) is 0 Å². The maximum atomic E-state index is 13.0. The van der Waals surface area contributed by atoms with Crippen molar-refractivity contribution in [3.8, 4) is 0 Å². The van der Waals surface area contributed by atoms with Crippen LogP contribution in [0.3, 0.4) is 0 Å². The largest absolute Gasteiger partial charge is 0.417 e. The molecule has 1 aromatic heterocycles. The molecule has 1 fully saturated rings. The number of piperazine rings is 1. The fourth-order valence-corrected chi connectivity index (χ4v) is 3.44. The van der Waals surface area contributed by atoms with Crippen molar-refractivity contribution >= 4 is 11.5 Å². The third-order valence-electron chi connectivity index (χ3n) is 4.90. The van der Waals surface area contributed by atoms with E-state index < -0.39 is 11.7 Å². The number of hydrogen-bond acceptors (Lipinski definition) is 4. The second-order valence-corrected chi connectivity index (χ2v) is 6.71. The van der Waals surface area contributed by atoms with Crippen molar-refractivity contribution in [3.63, 3.8) is 0 Å². The van der Waals surface area contributed by atoms with E-state index >= 15 is 0 Å². The van der Waals surface area contributed by atoms with Gasteiger partial charge in [-0.05, 0) is 26.3 Å². The van der Waals surface area contributed by atoms with Crippen molar-refractivity contribution in [2.24, 2.45) is 0 Å². The number of pyridine rings is 1. The molecule has 0 aliphatic carbocycles. The number of nitrogens with zero attached hydrogens (tertiary/aromatic N) is 4. The van der Waals surface area contributed by atoms with Crippen LogP contribution in [0, 0.1) is 0 Å². The first-order valence-electron chi connectivity index (χ1n) is 8.06. The van der Waals surface area contributed by atoms with Crippen LogP contribution in [-0.2, 0) is 6.18 Å². The quantitative estimate of drug-likeness (QED) is 0.791. The Morgan fingerprint density at radius 1 is 1.22 bits per heavy atom. The summed E-state index contributed by atoms with van der Waals surface area (Å²) in [5.41, 5.74) is -0.0947. The number of hydrogen-bond donors (Lipinski definition) is 0. The summed E-state index contributed by atoms with van der Waals surface area (Å²) in [7, 11) is 1.85. The predicted octanol–water partition coefficient (Wildman–Crippen LogP) is 2.84. The molecular weight excluding hydrogens is 305 g/mol. The minimum atomic E-state index is -4.36. The van der Waals surface area contributed by atoms with Gasteiger partial charge in [0.05, 0.1) is 11.3 Å². The molecule has 23 heavy (non-hydrogen) atoms. The van der Waals surface area contributed by atoms with E-state index in [1.807, 2.05) is 11.9 Å². The van der Waals surface area contributed by atoms with Gasteiger partial charge in [-0.2, -0.15) is 13.2 Å². The molecule has 0 aromatic carbocycles. The lowest BCUT2D eigenvalue weighted by Crippen LogP contribution is -2.55. The molecule has 1 saturated heterocycles. The molecular formula is C16H23F3N4. The molecule has 3 rings (SSSR count). The average Bonchev–Trinajstić information content (AvgIpc) is 2.63. The van der Waals surface area contributed by atoms with Crippen LogP contribution in [0.4, 0.5) is 24.7 Å². The summed E-state index contributed by atoms with van der Waals surface area (Å²) in [6.07, 6.45) is -2.47. The summed E-state index contributed by atoms with van der Waals surface area (Å²) >= 11 is 0. The highest BCUT2D eigenvalue weighted by atomic mass is 19.4. The van der Waals surface area contributed by atoms with Gasteiger partial charge in [-0.1, -0.05) is 0 Å². The number of rotatable bonds is 1. The number of fused-ring (bicyclic) bond motifs is 3. The van der Waals surface area contributed by atoms with Gasteiger partial charge >= 0.3 is 6.18 Å². The molecule has 2 aliphatic heterocycles. The zero-order valence-corrected chi connectivity index (χ0v) is 13.8. The molecule has 0 bridgehead atoms. The Hall–Kier alpha value is -1.50. The fraction of sp³-hybridized carbons (Fsp3) is 0.688. The second-order valence-electron chi connectivity index (χ2n) is 6.71. The highest BCUT2D eigenvalue weighted by molar-refractivity contribution is 5.69. The maximum absolute atomic E-state index is 13.0. The molecule has 2 aliphatic rings. The van der Waals surface area contributed by atoms with Gasteiger partial charge in [-0.3, -0.25) is 4.90 Å². The number of anilines is 2. The van der Waals surface area contributed by atoms with Gasteiger partial charge in [0.15, 0.2) is 5.82 Å². The van der Waals surface area contributed by atoms with Crippen LogP contribution in [0.25, 0.3) is 0 Å². The first-order chi connectivity index (χ1) is 10.8. The molecule has 3 heterocycles. The topological polar surface area (TPSA) is 22.6 Å². The van der Waals surface area contributed by atoms with Crippen LogP contribution in [0.5, 0.6) is 0 Å². The normalized spacial score (nSPS) is 22.8. The molecule has 4 nitrogen and oxygen atoms in total. The average molecular weight is 328 g/mol. The van der Waals surface area contributed by atoms with Gasteiger partial charge in [0, 0.05) is 51.5 Å². The van der Waals surface area contributed by atoms with E-state index in [0.29, 0.717) is 23.6 Å².